The third-order valence-corrected chi connectivity index (χ3v) is 6.41. The van der Waals surface area contributed by atoms with Crippen LogP contribution < -0.4 is 11.1 Å². The van der Waals surface area contributed by atoms with Gasteiger partial charge in [0.1, 0.15) is 16.9 Å². The fraction of sp³-hybridized carbons (Fsp3) is 0.207. The molecule has 0 saturated carbocycles. The minimum atomic E-state index is -0.235. The Labute approximate surface area is 204 Å². The number of aromatic nitrogens is 3. The van der Waals surface area contributed by atoms with Crippen molar-refractivity contribution in [1.82, 2.24) is 19.9 Å². The lowest BCUT2D eigenvalue weighted by atomic mass is 10.1. The number of hydrogen-bond acceptors (Lipinski definition) is 4. The molecule has 0 aliphatic rings. The maximum Gasteiger partial charge on any atom is 0.257 e. The maximum atomic E-state index is 13.5. The molecule has 1 amide bonds. The van der Waals surface area contributed by atoms with Crippen LogP contribution in [0.4, 0.5) is 5.82 Å². The number of amides is 1. The Hall–Kier alpha value is -4.19. The fourth-order valence-electron chi connectivity index (χ4n) is 4.42. The molecule has 0 aliphatic heterocycles. The number of para-hydroxylation sites is 2. The van der Waals surface area contributed by atoms with Crippen LogP contribution in [-0.2, 0) is 12.8 Å². The minimum absolute atomic E-state index is 0.0299. The monoisotopic (exact) mass is 463 g/mol. The van der Waals surface area contributed by atoms with Gasteiger partial charge in [0, 0.05) is 11.7 Å². The average Bonchev–Trinajstić information content (AvgIpc) is 3.17. The summed E-state index contributed by atoms with van der Waals surface area (Å²) in [5.74, 6) is 0.105. The van der Waals surface area contributed by atoms with E-state index in [2.05, 4.69) is 36.5 Å². The van der Waals surface area contributed by atoms with Gasteiger partial charge in [-0.05, 0) is 61.6 Å². The van der Waals surface area contributed by atoms with E-state index in [4.69, 9.17) is 15.7 Å². The van der Waals surface area contributed by atoms with Crippen molar-refractivity contribution in [3.8, 4) is 5.69 Å². The number of aryl methyl sites for hydroxylation is 2. The summed E-state index contributed by atoms with van der Waals surface area (Å²) in [7, 11) is 0. The third-order valence-electron chi connectivity index (χ3n) is 6.41. The Morgan fingerprint density at radius 2 is 1.57 bits per heavy atom. The molecular weight excluding hydrogens is 434 g/mol. The standard InChI is InChI=1S/C29H29N5O/c1-3-20-15-17-22(18-16-20)34-27(30)25(26-28(34)33-24-12-8-7-11-23(24)32-26)29(35)31-19(2)13-14-21-9-5-4-6-10-21/h4-12,15-19H,3,13-14,30H2,1-2H3,(H,31,35)/t19-/m1/s1. The molecule has 2 aromatic heterocycles. The smallest absolute Gasteiger partial charge is 0.257 e. The first-order chi connectivity index (χ1) is 17.0. The van der Waals surface area contributed by atoms with Crippen molar-refractivity contribution < 1.29 is 4.79 Å². The molecule has 0 radical (unpaired) electrons. The molecule has 3 N–H and O–H groups in total. The molecule has 3 aromatic carbocycles. The van der Waals surface area contributed by atoms with Crippen molar-refractivity contribution in [1.29, 1.82) is 0 Å². The molecule has 0 bridgehead atoms. The molecule has 6 nitrogen and oxygen atoms in total. The first-order valence-corrected chi connectivity index (χ1v) is 12.1. The van der Waals surface area contributed by atoms with E-state index in [0.717, 1.165) is 36.0 Å². The number of anilines is 1. The van der Waals surface area contributed by atoms with E-state index in [9.17, 15) is 4.79 Å². The molecule has 6 heteroatoms. The van der Waals surface area contributed by atoms with Gasteiger partial charge in [-0.2, -0.15) is 0 Å². The van der Waals surface area contributed by atoms with Gasteiger partial charge in [-0.3, -0.25) is 9.36 Å². The highest BCUT2D eigenvalue weighted by atomic mass is 16.1. The molecule has 35 heavy (non-hydrogen) atoms. The van der Waals surface area contributed by atoms with Crippen molar-refractivity contribution >= 4 is 33.9 Å². The quantitative estimate of drug-likeness (QED) is 0.335. The number of carbonyl (C=O) groups excluding carboxylic acids is 1. The Balaban J connectivity index is 1.54. The van der Waals surface area contributed by atoms with Gasteiger partial charge in [0.2, 0.25) is 0 Å². The maximum absolute atomic E-state index is 13.5. The van der Waals surface area contributed by atoms with Gasteiger partial charge in [0.05, 0.1) is 11.0 Å². The van der Waals surface area contributed by atoms with Crippen LogP contribution >= 0.6 is 0 Å². The van der Waals surface area contributed by atoms with E-state index in [1.54, 1.807) is 0 Å². The van der Waals surface area contributed by atoms with Crippen molar-refractivity contribution in [3.63, 3.8) is 0 Å². The molecule has 5 rings (SSSR count). The fourth-order valence-corrected chi connectivity index (χ4v) is 4.42. The molecule has 176 valence electrons. The number of rotatable bonds is 7. The first kappa shape index (κ1) is 22.6. The zero-order valence-corrected chi connectivity index (χ0v) is 20.0. The molecular formula is C29H29N5O. The van der Waals surface area contributed by atoms with Gasteiger partial charge < -0.3 is 11.1 Å². The van der Waals surface area contributed by atoms with Crippen molar-refractivity contribution in [2.45, 2.75) is 39.2 Å². The summed E-state index contributed by atoms with van der Waals surface area (Å²) in [6.07, 6.45) is 2.65. The second-order valence-electron chi connectivity index (χ2n) is 8.90. The Kier molecular flexibility index (Phi) is 6.19. The predicted octanol–water partition coefficient (Wildman–Crippen LogP) is 5.47. The van der Waals surface area contributed by atoms with E-state index < -0.39 is 0 Å². The summed E-state index contributed by atoms with van der Waals surface area (Å²) < 4.78 is 1.83. The highest BCUT2D eigenvalue weighted by Crippen LogP contribution is 2.31. The summed E-state index contributed by atoms with van der Waals surface area (Å²) in [5.41, 5.74) is 12.9. The molecule has 1 atom stereocenters. The normalized spacial score (nSPS) is 12.2. The third kappa shape index (κ3) is 4.47. The number of fused-ring (bicyclic) bond motifs is 2. The number of benzene rings is 3. The van der Waals surface area contributed by atoms with Gasteiger partial charge in [0.15, 0.2) is 5.65 Å². The molecule has 0 spiro atoms. The second kappa shape index (κ2) is 9.58. The molecule has 0 saturated heterocycles. The lowest BCUT2D eigenvalue weighted by molar-refractivity contribution is 0.0941. The van der Waals surface area contributed by atoms with E-state index in [0.29, 0.717) is 22.5 Å². The zero-order chi connectivity index (χ0) is 24.4. The number of carbonyl (C=O) groups is 1. The van der Waals surface area contributed by atoms with Gasteiger partial charge >= 0.3 is 0 Å². The van der Waals surface area contributed by atoms with Gasteiger partial charge in [-0.15, -0.1) is 0 Å². The summed E-state index contributed by atoms with van der Waals surface area (Å²) in [6, 6.07) is 26.1. The summed E-state index contributed by atoms with van der Waals surface area (Å²) in [4.78, 5) is 23.2. The Morgan fingerprint density at radius 1 is 0.914 bits per heavy atom. The van der Waals surface area contributed by atoms with Crippen molar-refractivity contribution in [3.05, 3.63) is 95.6 Å². The average molecular weight is 464 g/mol. The van der Waals surface area contributed by atoms with Crippen LogP contribution in [0.5, 0.6) is 0 Å². The van der Waals surface area contributed by atoms with Gasteiger partial charge in [0.25, 0.3) is 5.91 Å². The highest BCUT2D eigenvalue weighted by molar-refractivity contribution is 6.11. The van der Waals surface area contributed by atoms with Crippen LogP contribution in [0.1, 0.15) is 41.8 Å². The summed E-state index contributed by atoms with van der Waals surface area (Å²) >= 11 is 0. The highest BCUT2D eigenvalue weighted by Gasteiger charge is 2.25. The number of nitrogen functional groups attached to an aromatic ring is 1. The molecule has 0 unspecified atom stereocenters. The van der Waals surface area contributed by atoms with Gasteiger partial charge in [-0.25, -0.2) is 9.97 Å². The summed E-state index contributed by atoms with van der Waals surface area (Å²) in [5, 5.41) is 3.13. The van der Waals surface area contributed by atoms with E-state index in [1.807, 2.05) is 66.1 Å². The van der Waals surface area contributed by atoms with E-state index in [-0.39, 0.29) is 11.9 Å². The van der Waals surface area contributed by atoms with Crippen molar-refractivity contribution in [2.24, 2.45) is 0 Å². The summed E-state index contributed by atoms with van der Waals surface area (Å²) in [6.45, 7) is 4.13. The van der Waals surface area contributed by atoms with Gasteiger partial charge in [-0.1, -0.05) is 61.5 Å². The van der Waals surface area contributed by atoms with Crippen LogP contribution in [0.15, 0.2) is 78.9 Å². The van der Waals surface area contributed by atoms with Crippen LogP contribution in [0.2, 0.25) is 0 Å². The first-order valence-electron chi connectivity index (χ1n) is 12.1. The minimum Gasteiger partial charge on any atom is -0.384 e. The zero-order valence-electron chi connectivity index (χ0n) is 20.0. The van der Waals surface area contributed by atoms with Crippen LogP contribution in [0.3, 0.4) is 0 Å². The number of hydrogen-bond donors (Lipinski definition) is 2. The predicted molar refractivity (Wildman–Crippen MR) is 142 cm³/mol. The molecule has 0 aliphatic carbocycles. The SMILES string of the molecule is CCc1ccc(-n2c(N)c(C(=O)N[C@H](C)CCc3ccccc3)c3nc4ccccc4nc32)cc1. The van der Waals surface area contributed by atoms with E-state index in [1.165, 1.54) is 11.1 Å². The molecule has 2 heterocycles. The van der Waals surface area contributed by atoms with Crippen molar-refractivity contribution in [2.75, 3.05) is 5.73 Å². The van der Waals surface area contributed by atoms with E-state index >= 15 is 0 Å². The number of nitrogens with two attached hydrogens (primary N) is 1. The molecule has 0 fully saturated rings. The Morgan fingerprint density at radius 3 is 2.26 bits per heavy atom. The van der Waals surface area contributed by atoms with Crippen LogP contribution in [0, 0.1) is 0 Å². The number of nitrogens with zero attached hydrogens (tertiary/aromatic N) is 3. The lowest BCUT2D eigenvalue weighted by Crippen LogP contribution is -2.33. The van der Waals surface area contributed by atoms with Crippen LogP contribution in [-0.4, -0.2) is 26.5 Å². The number of nitrogens with one attached hydrogen (secondary N) is 1. The topological polar surface area (TPSA) is 85.8 Å². The van der Waals surface area contributed by atoms with Crippen LogP contribution in [0.25, 0.3) is 27.9 Å². The lowest BCUT2D eigenvalue weighted by Gasteiger charge is -2.14. The molecule has 5 aromatic rings. The Bertz CT molecular complexity index is 1490. The largest absolute Gasteiger partial charge is 0.384 e. The second-order valence-corrected chi connectivity index (χ2v) is 8.90.